The van der Waals surface area contributed by atoms with E-state index in [1.807, 2.05) is 0 Å². The van der Waals surface area contributed by atoms with Crippen LogP contribution in [0.15, 0.2) is 103 Å². The molecule has 0 spiro atoms. The molecule has 0 fully saturated rings. The van der Waals surface area contributed by atoms with Crippen LogP contribution in [0.25, 0.3) is 76.2 Å². The van der Waals surface area contributed by atoms with E-state index < -0.39 is 0 Å². The Hall–Kier alpha value is -6.20. The summed E-state index contributed by atoms with van der Waals surface area (Å²) < 4.78 is 19.1. The van der Waals surface area contributed by atoms with Crippen LogP contribution in [0, 0.1) is 0 Å². The van der Waals surface area contributed by atoms with Crippen LogP contribution in [-0.4, -0.2) is 15.5 Å². The van der Waals surface area contributed by atoms with Gasteiger partial charge in [0.05, 0.1) is 33.1 Å². The van der Waals surface area contributed by atoms with Gasteiger partial charge in [-0.2, -0.15) is 0 Å². The molecule has 2 aliphatic heterocycles. The molecule has 7 aromatic carbocycles. The minimum atomic E-state index is -0.0865. The SMILES string of the molecule is CC(C)(C)c1ccc2c(c1)c1cc(C(C)(C)C)cc3c4cc5c(cc4n2c13)B1c2cc3c(cc2Oc2cccc(c21)O5)c1cc(C(C)(C)C)cc2c4cc(C(C)(C)C)ccc4n3c21. The van der Waals surface area contributed by atoms with Crippen molar-refractivity contribution >= 4 is 99.3 Å². The van der Waals surface area contributed by atoms with Gasteiger partial charge in [-0.15, -0.1) is 0 Å². The molecule has 4 aromatic heterocycles. The topological polar surface area (TPSA) is 27.3 Å². The predicted molar refractivity (Wildman–Crippen MR) is 268 cm³/mol. The summed E-state index contributed by atoms with van der Waals surface area (Å²) in [7, 11) is 0. The maximum atomic E-state index is 7.00. The molecule has 0 saturated heterocycles. The van der Waals surface area contributed by atoms with Gasteiger partial charge in [-0.05, 0) is 140 Å². The molecule has 63 heavy (non-hydrogen) atoms. The molecule has 0 saturated carbocycles. The van der Waals surface area contributed by atoms with Gasteiger partial charge in [-0.25, -0.2) is 0 Å². The van der Waals surface area contributed by atoms with Crippen LogP contribution in [0.4, 0.5) is 0 Å². The summed E-state index contributed by atoms with van der Waals surface area (Å²) in [4.78, 5) is 0. The summed E-state index contributed by atoms with van der Waals surface area (Å²) in [5.74, 6) is 3.56. The molecule has 0 bridgehead atoms. The van der Waals surface area contributed by atoms with Gasteiger partial charge in [0.2, 0.25) is 0 Å². The first kappa shape index (κ1) is 37.4. The molecule has 2 aliphatic rings. The Labute approximate surface area is 369 Å². The first-order valence-electron chi connectivity index (χ1n) is 22.9. The first-order chi connectivity index (χ1) is 29.7. The summed E-state index contributed by atoms with van der Waals surface area (Å²) in [6, 6.07) is 40.0. The zero-order chi connectivity index (χ0) is 43.6. The summed E-state index contributed by atoms with van der Waals surface area (Å²) in [6.07, 6.45) is 0. The molecule has 0 N–H and O–H groups in total. The Morgan fingerprint density at radius 1 is 0.349 bits per heavy atom. The second-order valence-electron chi connectivity index (χ2n) is 23.1. The van der Waals surface area contributed by atoms with Crippen molar-refractivity contribution in [2.45, 2.75) is 105 Å². The third-order valence-corrected chi connectivity index (χ3v) is 14.9. The minimum absolute atomic E-state index is 0.0188. The summed E-state index contributed by atoms with van der Waals surface area (Å²) in [5.41, 5.74) is 16.4. The second-order valence-corrected chi connectivity index (χ2v) is 23.1. The number of nitrogens with zero attached hydrogens (tertiary/aromatic N) is 2. The van der Waals surface area contributed by atoms with Gasteiger partial charge in [0, 0.05) is 48.6 Å². The van der Waals surface area contributed by atoms with Crippen molar-refractivity contribution in [1.29, 1.82) is 0 Å². The van der Waals surface area contributed by atoms with Crippen molar-refractivity contribution in [2.75, 3.05) is 0 Å². The van der Waals surface area contributed by atoms with Gasteiger partial charge < -0.3 is 18.3 Å². The van der Waals surface area contributed by atoms with E-state index in [2.05, 4.69) is 195 Å². The Morgan fingerprint density at radius 3 is 1.06 bits per heavy atom. The summed E-state index contributed by atoms with van der Waals surface area (Å²) in [6.45, 7) is 27.7. The van der Waals surface area contributed by atoms with E-state index in [1.165, 1.54) is 109 Å². The van der Waals surface area contributed by atoms with Crippen molar-refractivity contribution in [1.82, 2.24) is 8.80 Å². The Bertz CT molecular complexity index is 3590. The van der Waals surface area contributed by atoms with E-state index in [9.17, 15) is 0 Å². The number of hydrogen-bond donors (Lipinski definition) is 0. The largest absolute Gasteiger partial charge is 0.458 e. The van der Waals surface area contributed by atoms with Gasteiger partial charge >= 0.3 is 0 Å². The number of benzene rings is 7. The molecule has 6 heterocycles. The zero-order valence-corrected chi connectivity index (χ0v) is 38.6. The minimum Gasteiger partial charge on any atom is -0.458 e. The Morgan fingerprint density at radius 2 is 0.698 bits per heavy atom. The summed E-state index contributed by atoms with van der Waals surface area (Å²) in [5, 5.41) is 10.3. The molecule has 310 valence electrons. The van der Waals surface area contributed by atoms with Gasteiger partial charge in [0.15, 0.2) is 0 Å². The molecular weight excluding hydrogens is 767 g/mol. The van der Waals surface area contributed by atoms with Crippen LogP contribution in [0.2, 0.25) is 0 Å². The van der Waals surface area contributed by atoms with Gasteiger partial charge in [0.1, 0.15) is 23.0 Å². The molecule has 11 aromatic rings. The van der Waals surface area contributed by atoms with Crippen LogP contribution < -0.4 is 25.9 Å². The normalized spacial score (nSPS) is 14.6. The van der Waals surface area contributed by atoms with E-state index in [-0.39, 0.29) is 28.4 Å². The lowest BCUT2D eigenvalue weighted by atomic mass is 9.35. The molecule has 0 unspecified atom stereocenters. The molecule has 0 atom stereocenters. The Balaban J connectivity index is 1.12. The number of fused-ring (bicyclic) bond motifs is 16. The third-order valence-electron chi connectivity index (χ3n) is 14.9. The van der Waals surface area contributed by atoms with Gasteiger partial charge in [0.25, 0.3) is 6.71 Å². The van der Waals surface area contributed by atoms with E-state index in [1.54, 1.807) is 0 Å². The fourth-order valence-electron chi connectivity index (χ4n) is 11.3. The van der Waals surface area contributed by atoms with Crippen molar-refractivity contribution in [3.05, 3.63) is 125 Å². The van der Waals surface area contributed by atoms with Crippen LogP contribution in [-0.2, 0) is 21.7 Å². The molecular formula is C58H53BN2O2. The van der Waals surface area contributed by atoms with E-state index in [0.717, 1.165) is 28.5 Å². The molecule has 0 amide bonds. The summed E-state index contributed by atoms with van der Waals surface area (Å²) >= 11 is 0. The zero-order valence-electron chi connectivity index (χ0n) is 38.6. The van der Waals surface area contributed by atoms with E-state index in [0.29, 0.717) is 0 Å². The standard InChI is InChI=1S/C58H53BN2O2/c1-55(2,3)30-16-18-44-34(20-30)38-22-32(57(7,8)9)24-40-36-26-50-42(28-46(36)60(44)53(38)40)59-43-29-47-37(27-51(43)63-49-15-13-14-48(62-50)52(49)59)41-25-33(58(10,11)12)23-39-35-21-31(56(4,5)6)17-19-45(35)61(47)54(39)41/h13-29H,1-12H3. The van der Waals surface area contributed by atoms with Crippen molar-refractivity contribution < 1.29 is 9.47 Å². The lowest BCUT2D eigenvalue weighted by Crippen LogP contribution is -2.57. The average molecular weight is 821 g/mol. The molecule has 0 radical (unpaired) electrons. The third kappa shape index (κ3) is 4.89. The predicted octanol–water partition coefficient (Wildman–Crippen LogP) is 13.9. The smallest absolute Gasteiger partial charge is 0.260 e. The molecule has 5 heteroatoms. The number of rotatable bonds is 0. The Kier molecular flexibility index (Phi) is 6.81. The number of ether oxygens (including phenoxy) is 2. The van der Waals surface area contributed by atoms with Crippen LogP contribution in [0.3, 0.4) is 0 Å². The maximum Gasteiger partial charge on any atom is 0.260 e. The molecule has 13 rings (SSSR count). The van der Waals surface area contributed by atoms with Crippen LogP contribution in [0.1, 0.15) is 105 Å². The van der Waals surface area contributed by atoms with Crippen LogP contribution in [0.5, 0.6) is 23.0 Å². The lowest BCUT2D eigenvalue weighted by Gasteiger charge is -2.33. The highest BCUT2D eigenvalue weighted by Crippen LogP contribution is 2.47. The van der Waals surface area contributed by atoms with E-state index in [4.69, 9.17) is 9.47 Å². The van der Waals surface area contributed by atoms with E-state index >= 15 is 0 Å². The van der Waals surface area contributed by atoms with Crippen molar-refractivity contribution in [2.24, 2.45) is 0 Å². The first-order valence-corrected chi connectivity index (χ1v) is 22.9. The average Bonchev–Trinajstić information content (AvgIpc) is 3.93. The van der Waals surface area contributed by atoms with Crippen LogP contribution >= 0.6 is 0 Å². The second kappa shape index (κ2) is 11.5. The fraction of sp³-hybridized carbons (Fsp3) is 0.276. The van der Waals surface area contributed by atoms with Gasteiger partial charge in [-0.3, -0.25) is 0 Å². The maximum absolute atomic E-state index is 7.00. The van der Waals surface area contributed by atoms with Crippen molar-refractivity contribution in [3.8, 4) is 23.0 Å². The quantitative estimate of drug-likeness (QED) is 0.143. The lowest BCUT2D eigenvalue weighted by molar-refractivity contribution is 0.465. The highest BCUT2D eigenvalue weighted by Gasteiger charge is 2.42. The highest BCUT2D eigenvalue weighted by atomic mass is 16.5. The fourth-order valence-corrected chi connectivity index (χ4v) is 11.3. The number of aromatic nitrogens is 2. The molecule has 4 nitrogen and oxygen atoms in total. The monoisotopic (exact) mass is 820 g/mol. The van der Waals surface area contributed by atoms with Crippen molar-refractivity contribution in [3.63, 3.8) is 0 Å². The highest BCUT2D eigenvalue weighted by molar-refractivity contribution is 6.98. The number of hydrogen-bond acceptors (Lipinski definition) is 2. The van der Waals surface area contributed by atoms with Gasteiger partial charge in [-0.1, -0.05) is 101 Å². The molecule has 0 aliphatic carbocycles.